The van der Waals surface area contributed by atoms with Crippen LogP contribution in [0.15, 0.2) is 12.7 Å². The number of allylic oxidation sites excluding steroid dienone is 1. The molecule has 0 spiro atoms. The average molecular weight is 271 g/mol. The zero-order valence-electron chi connectivity index (χ0n) is 10.6. The lowest BCUT2D eigenvalue weighted by molar-refractivity contribution is 0.0993. The predicted octanol–water partition coefficient (Wildman–Crippen LogP) is 2.42. The molecule has 0 aliphatic rings. The summed E-state index contributed by atoms with van der Waals surface area (Å²) < 4.78 is 1.54. The molecule has 0 saturated carbocycles. The highest BCUT2D eigenvalue weighted by atomic mass is 35.5. The van der Waals surface area contributed by atoms with E-state index in [-0.39, 0.29) is 5.28 Å². The third-order valence-electron chi connectivity index (χ3n) is 2.54. The van der Waals surface area contributed by atoms with Crippen LogP contribution in [0.4, 0.5) is 5.82 Å². The van der Waals surface area contributed by atoms with Gasteiger partial charge in [0, 0.05) is 13.1 Å². The first-order chi connectivity index (χ1) is 8.61. The second-order valence-electron chi connectivity index (χ2n) is 3.98. The van der Waals surface area contributed by atoms with Gasteiger partial charge >= 0.3 is 0 Å². The number of hydrogen-bond donors (Lipinski definition) is 2. The van der Waals surface area contributed by atoms with Gasteiger partial charge in [0.05, 0.1) is 0 Å². The van der Waals surface area contributed by atoms with Gasteiger partial charge in [-0.2, -0.15) is 4.98 Å². The van der Waals surface area contributed by atoms with E-state index in [4.69, 9.17) is 17.3 Å². The van der Waals surface area contributed by atoms with Crippen LogP contribution in [-0.4, -0.2) is 22.0 Å². The Morgan fingerprint density at radius 1 is 1.61 bits per heavy atom. The number of halogens is 1. The lowest BCUT2D eigenvalue weighted by atomic mass is 10.2. The second-order valence-corrected chi connectivity index (χ2v) is 4.31. The van der Waals surface area contributed by atoms with Crippen LogP contribution in [0.3, 0.4) is 0 Å². The summed E-state index contributed by atoms with van der Waals surface area (Å²) in [5, 5.41) is 3.34. The van der Waals surface area contributed by atoms with Gasteiger partial charge in [0.2, 0.25) is 5.28 Å². The van der Waals surface area contributed by atoms with E-state index in [0.717, 1.165) is 25.8 Å². The molecule has 0 saturated heterocycles. The number of imidazole rings is 1. The maximum absolute atomic E-state index is 11.4. The molecule has 1 aromatic rings. The van der Waals surface area contributed by atoms with Crippen LogP contribution in [0.1, 0.15) is 36.7 Å². The molecule has 0 atom stereocenters. The summed E-state index contributed by atoms with van der Waals surface area (Å²) in [5.74, 6) is -0.0975. The molecule has 1 amide bonds. The van der Waals surface area contributed by atoms with E-state index in [1.54, 1.807) is 10.6 Å². The fraction of sp³-hybridized carbons (Fsp3) is 0.500. The molecule has 0 radical (unpaired) electrons. The third kappa shape index (κ3) is 3.50. The van der Waals surface area contributed by atoms with Gasteiger partial charge in [0.15, 0.2) is 11.5 Å². The number of rotatable bonds is 8. The first-order valence-corrected chi connectivity index (χ1v) is 6.40. The Bertz CT molecular complexity index is 428. The first-order valence-electron chi connectivity index (χ1n) is 6.02. The minimum absolute atomic E-state index is 0.238. The lowest BCUT2D eigenvalue weighted by Gasteiger charge is -2.06. The molecular formula is C12H19ClN4O. The van der Waals surface area contributed by atoms with Gasteiger partial charge in [0.25, 0.3) is 5.91 Å². The van der Waals surface area contributed by atoms with Gasteiger partial charge in [-0.1, -0.05) is 25.8 Å². The Hall–Kier alpha value is -1.49. The van der Waals surface area contributed by atoms with Crippen molar-refractivity contribution in [1.82, 2.24) is 9.55 Å². The lowest BCUT2D eigenvalue weighted by Crippen LogP contribution is -2.19. The quantitative estimate of drug-likeness (QED) is 0.563. The number of amides is 1. The van der Waals surface area contributed by atoms with Crippen LogP contribution in [0.25, 0.3) is 0 Å². The summed E-state index contributed by atoms with van der Waals surface area (Å²) in [4.78, 5) is 15.6. The number of carbonyl (C=O) groups excluding carboxylic acids is 1. The molecule has 0 aliphatic carbocycles. The first kappa shape index (κ1) is 14.6. The molecule has 1 aromatic heterocycles. The molecule has 3 N–H and O–H groups in total. The van der Waals surface area contributed by atoms with E-state index in [0.29, 0.717) is 18.1 Å². The van der Waals surface area contributed by atoms with Crippen molar-refractivity contribution in [3.05, 3.63) is 23.6 Å². The summed E-state index contributed by atoms with van der Waals surface area (Å²) in [6.07, 6.45) is 4.91. The second kappa shape index (κ2) is 7.06. The normalized spacial score (nSPS) is 10.3. The average Bonchev–Trinajstić information content (AvgIpc) is 2.62. The highest BCUT2D eigenvalue weighted by molar-refractivity contribution is 6.29. The fourth-order valence-electron chi connectivity index (χ4n) is 1.68. The van der Waals surface area contributed by atoms with Crippen molar-refractivity contribution < 1.29 is 4.79 Å². The Morgan fingerprint density at radius 3 is 2.89 bits per heavy atom. The van der Waals surface area contributed by atoms with Gasteiger partial charge in [-0.15, -0.1) is 6.58 Å². The zero-order valence-corrected chi connectivity index (χ0v) is 11.3. The summed E-state index contributed by atoms with van der Waals surface area (Å²) in [6.45, 7) is 6.89. The number of carbonyl (C=O) groups is 1. The van der Waals surface area contributed by atoms with Crippen molar-refractivity contribution in [3.63, 3.8) is 0 Å². The third-order valence-corrected chi connectivity index (χ3v) is 2.83. The maximum atomic E-state index is 11.4. The van der Waals surface area contributed by atoms with Crippen LogP contribution >= 0.6 is 11.6 Å². The highest BCUT2D eigenvalue weighted by Crippen LogP contribution is 2.20. The van der Waals surface area contributed by atoms with Crippen LogP contribution < -0.4 is 11.1 Å². The number of aromatic nitrogens is 2. The van der Waals surface area contributed by atoms with Gasteiger partial charge < -0.3 is 15.6 Å². The molecule has 0 fully saturated rings. The smallest absolute Gasteiger partial charge is 0.269 e. The van der Waals surface area contributed by atoms with Crippen molar-refractivity contribution in [2.24, 2.45) is 5.73 Å². The van der Waals surface area contributed by atoms with E-state index in [9.17, 15) is 4.79 Å². The SMILES string of the molecule is C=CCn1c(Cl)nc(NCCCCC)c1C(N)=O. The number of hydrogen-bond acceptors (Lipinski definition) is 3. The summed E-state index contributed by atoms with van der Waals surface area (Å²) in [5.41, 5.74) is 5.66. The highest BCUT2D eigenvalue weighted by Gasteiger charge is 2.19. The number of unbranched alkanes of at least 4 members (excludes halogenated alkanes) is 2. The molecule has 5 nitrogen and oxygen atoms in total. The van der Waals surface area contributed by atoms with Crippen LogP contribution in [0.5, 0.6) is 0 Å². The summed E-state index contributed by atoms with van der Waals surface area (Å²) in [6, 6.07) is 0. The van der Waals surface area contributed by atoms with E-state index in [2.05, 4.69) is 23.8 Å². The maximum Gasteiger partial charge on any atom is 0.269 e. The number of primary amides is 1. The van der Waals surface area contributed by atoms with Gasteiger partial charge in [0.1, 0.15) is 0 Å². The van der Waals surface area contributed by atoms with Gasteiger partial charge in [-0.3, -0.25) is 4.79 Å². The Kier molecular flexibility index (Phi) is 5.71. The van der Waals surface area contributed by atoms with E-state index >= 15 is 0 Å². The minimum atomic E-state index is -0.547. The number of nitrogens with zero attached hydrogens (tertiary/aromatic N) is 2. The van der Waals surface area contributed by atoms with Crippen molar-refractivity contribution in [1.29, 1.82) is 0 Å². The van der Waals surface area contributed by atoms with Crippen molar-refractivity contribution in [3.8, 4) is 0 Å². The Labute approximate surface area is 112 Å². The van der Waals surface area contributed by atoms with Crippen LogP contribution in [-0.2, 0) is 6.54 Å². The van der Waals surface area contributed by atoms with Crippen molar-refractivity contribution in [2.75, 3.05) is 11.9 Å². The zero-order chi connectivity index (χ0) is 13.5. The molecule has 6 heteroatoms. The molecule has 1 rings (SSSR count). The Balaban J connectivity index is 2.86. The monoisotopic (exact) mass is 270 g/mol. The van der Waals surface area contributed by atoms with Crippen LogP contribution in [0.2, 0.25) is 5.28 Å². The molecule has 0 unspecified atom stereocenters. The number of nitrogens with two attached hydrogens (primary N) is 1. The van der Waals surface area contributed by atoms with E-state index in [1.165, 1.54) is 0 Å². The molecule has 0 bridgehead atoms. The van der Waals surface area contributed by atoms with Crippen molar-refractivity contribution >= 4 is 23.3 Å². The number of anilines is 1. The largest absolute Gasteiger partial charge is 0.368 e. The van der Waals surface area contributed by atoms with Gasteiger partial charge in [-0.05, 0) is 18.0 Å². The predicted molar refractivity (Wildman–Crippen MR) is 74.0 cm³/mol. The fourth-order valence-corrected chi connectivity index (χ4v) is 1.91. The molecule has 0 aromatic carbocycles. The van der Waals surface area contributed by atoms with E-state index in [1.807, 2.05) is 0 Å². The molecule has 0 aliphatic heterocycles. The molecule has 1 heterocycles. The standard InChI is InChI=1S/C12H19ClN4O/c1-3-5-6-7-15-11-9(10(14)18)17(8-4-2)12(13)16-11/h4,15H,2-3,5-8H2,1H3,(H2,14,18). The van der Waals surface area contributed by atoms with E-state index < -0.39 is 5.91 Å². The minimum Gasteiger partial charge on any atom is -0.368 e. The molecule has 18 heavy (non-hydrogen) atoms. The molecular weight excluding hydrogens is 252 g/mol. The van der Waals surface area contributed by atoms with Crippen LogP contribution in [0, 0.1) is 0 Å². The summed E-state index contributed by atoms with van der Waals surface area (Å²) in [7, 11) is 0. The van der Waals surface area contributed by atoms with Crippen molar-refractivity contribution in [2.45, 2.75) is 32.7 Å². The summed E-state index contributed by atoms with van der Waals surface area (Å²) >= 11 is 5.97. The number of nitrogens with one attached hydrogen (secondary N) is 1. The molecule has 100 valence electrons. The topological polar surface area (TPSA) is 72.9 Å². The Morgan fingerprint density at radius 2 is 2.33 bits per heavy atom. The van der Waals surface area contributed by atoms with Gasteiger partial charge in [-0.25, -0.2) is 0 Å².